The van der Waals surface area contributed by atoms with E-state index in [2.05, 4.69) is 15.5 Å². The van der Waals surface area contributed by atoms with Crippen molar-refractivity contribution >= 4 is 40.2 Å². The van der Waals surface area contributed by atoms with Crippen LogP contribution in [0.15, 0.2) is 24.3 Å². The normalized spacial score (nSPS) is 16.4. The monoisotopic (exact) mass is 469 g/mol. The van der Waals surface area contributed by atoms with Gasteiger partial charge in [0.15, 0.2) is 0 Å². The van der Waals surface area contributed by atoms with Gasteiger partial charge < -0.3 is 25.4 Å². The van der Waals surface area contributed by atoms with E-state index in [4.69, 9.17) is 9.72 Å². The number of amides is 2. The Labute approximate surface area is 198 Å². The molecule has 1 saturated heterocycles. The standard InChI is InChI=1S/C24H31N5O5/c1-34-12-2-7-25-22(30)15-28-8-10-29(11-9-28)21-14-19(24(32)33)18-13-17(5-6-20(18)27-21)26-23(31)16-3-4-16/h5-6,13-14,16H,2-4,7-12,15H2,1H3,(H,25,30)(H,26,31)(H,32,33). The first-order valence-corrected chi connectivity index (χ1v) is 11.7. The molecular formula is C24H31N5O5. The summed E-state index contributed by atoms with van der Waals surface area (Å²) in [6.07, 6.45) is 2.58. The second-order valence-corrected chi connectivity index (χ2v) is 8.79. The number of pyridine rings is 1. The fourth-order valence-electron chi connectivity index (χ4n) is 4.06. The smallest absolute Gasteiger partial charge is 0.336 e. The first kappa shape index (κ1) is 23.9. The SMILES string of the molecule is COCCCNC(=O)CN1CCN(c2cc(C(=O)O)c3cc(NC(=O)C4CC4)ccc3n2)CC1. The predicted octanol–water partition coefficient (Wildman–Crippen LogP) is 1.56. The van der Waals surface area contributed by atoms with Crippen LogP contribution >= 0.6 is 0 Å². The number of hydrogen-bond acceptors (Lipinski definition) is 7. The highest BCUT2D eigenvalue weighted by atomic mass is 16.5. The average Bonchev–Trinajstić information content (AvgIpc) is 3.67. The van der Waals surface area contributed by atoms with Crippen molar-refractivity contribution in [3.05, 3.63) is 29.8 Å². The molecule has 2 aromatic rings. The Morgan fingerprint density at radius 3 is 2.59 bits per heavy atom. The Kier molecular flexibility index (Phi) is 7.59. The van der Waals surface area contributed by atoms with Crippen LogP contribution in [-0.4, -0.2) is 85.8 Å². The van der Waals surface area contributed by atoms with Gasteiger partial charge in [0.1, 0.15) is 5.82 Å². The van der Waals surface area contributed by atoms with Gasteiger partial charge in [-0.15, -0.1) is 0 Å². The quantitative estimate of drug-likeness (QED) is 0.448. The van der Waals surface area contributed by atoms with Crippen LogP contribution in [0, 0.1) is 5.92 Å². The number of anilines is 2. The van der Waals surface area contributed by atoms with Gasteiger partial charge in [0.25, 0.3) is 0 Å². The van der Waals surface area contributed by atoms with Crippen LogP contribution in [0.3, 0.4) is 0 Å². The lowest BCUT2D eigenvalue weighted by Crippen LogP contribution is -2.49. The number of carboxylic acid groups (broad SMARTS) is 1. The molecule has 0 unspecified atom stereocenters. The van der Waals surface area contributed by atoms with Gasteiger partial charge in [-0.3, -0.25) is 14.5 Å². The molecule has 2 amide bonds. The summed E-state index contributed by atoms with van der Waals surface area (Å²) in [4.78, 5) is 45.0. The zero-order valence-electron chi connectivity index (χ0n) is 19.4. The van der Waals surface area contributed by atoms with Crippen LogP contribution < -0.4 is 15.5 Å². The van der Waals surface area contributed by atoms with Crippen LogP contribution in [0.2, 0.25) is 0 Å². The molecule has 0 atom stereocenters. The van der Waals surface area contributed by atoms with E-state index in [1.165, 1.54) is 0 Å². The van der Waals surface area contributed by atoms with Crippen molar-refractivity contribution in [1.82, 2.24) is 15.2 Å². The van der Waals surface area contributed by atoms with Crippen LogP contribution in [-0.2, 0) is 14.3 Å². The lowest BCUT2D eigenvalue weighted by Gasteiger charge is -2.35. The molecule has 10 nitrogen and oxygen atoms in total. The van der Waals surface area contributed by atoms with E-state index in [1.807, 2.05) is 4.90 Å². The number of methoxy groups -OCH3 is 1. The van der Waals surface area contributed by atoms with Gasteiger partial charge >= 0.3 is 5.97 Å². The summed E-state index contributed by atoms with van der Waals surface area (Å²) in [5, 5.41) is 16.1. The molecule has 0 spiro atoms. The van der Waals surface area contributed by atoms with Crippen LogP contribution in [0.5, 0.6) is 0 Å². The lowest BCUT2D eigenvalue weighted by atomic mass is 10.1. The summed E-state index contributed by atoms with van der Waals surface area (Å²) < 4.78 is 4.98. The molecule has 10 heteroatoms. The highest BCUT2D eigenvalue weighted by Crippen LogP contribution is 2.31. The topological polar surface area (TPSA) is 124 Å². The molecule has 1 aliphatic carbocycles. The van der Waals surface area contributed by atoms with Gasteiger partial charge in [0.2, 0.25) is 11.8 Å². The third-order valence-electron chi connectivity index (χ3n) is 6.15. The number of ether oxygens (including phenoxy) is 1. The Morgan fingerprint density at radius 1 is 1.15 bits per heavy atom. The van der Waals surface area contributed by atoms with E-state index in [-0.39, 0.29) is 23.3 Å². The molecule has 1 saturated carbocycles. The maximum atomic E-state index is 12.1. The number of carbonyl (C=O) groups is 3. The largest absolute Gasteiger partial charge is 0.478 e. The molecule has 34 heavy (non-hydrogen) atoms. The summed E-state index contributed by atoms with van der Waals surface area (Å²) in [6.45, 7) is 4.19. The number of benzene rings is 1. The molecule has 182 valence electrons. The summed E-state index contributed by atoms with van der Waals surface area (Å²) in [5.74, 6) is -0.407. The zero-order chi connectivity index (χ0) is 24.1. The number of rotatable bonds is 10. The fourth-order valence-corrected chi connectivity index (χ4v) is 4.06. The van der Waals surface area contributed by atoms with Gasteiger partial charge in [-0.25, -0.2) is 9.78 Å². The molecule has 0 bridgehead atoms. The number of carboxylic acids is 1. The first-order valence-electron chi connectivity index (χ1n) is 11.7. The Bertz CT molecular complexity index is 1060. The minimum Gasteiger partial charge on any atom is -0.478 e. The molecule has 4 rings (SSSR count). The first-order chi connectivity index (χ1) is 16.4. The predicted molar refractivity (Wildman–Crippen MR) is 128 cm³/mol. The van der Waals surface area contributed by atoms with Crippen LogP contribution in [0.4, 0.5) is 11.5 Å². The Hall–Kier alpha value is -3.24. The highest BCUT2D eigenvalue weighted by molar-refractivity contribution is 6.05. The molecule has 2 fully saturated rings. The van der Waals surface area contributed by atoms with Crippen LogP contribution in [0.1, 0.15) is 29.6 Å². The lowest BCUT2D eigenvalue weighted by molar-refractivity contribution is -0.122. The third kappa shape index (κ3) is 6.00. The van der Waals surface area contributed by atoms with Gasteiger partial charge in [-0.2, -0.15) is 0 Å². The van der Waals surface area contributed by atoms with Crippen molar-refractivity contribution in [3.63, 3.8) is 0 Å². The summed E-state index contributed by atoms with van der Waals surface area (Å²) in [7, 11) is 1.64. The molecule has 1 aromatic carbocycles. The van der Waals surface area contributed by atoms with E-state index in [0.717, 1.165) is 19.3 Å². The maximum Gasteiger partial charge on any atom is 0.336 e. The van der Waals surface area contributed by atoms with Crippen molar-refractivity contribution in [2.24, 2.45) is 5.92 Å². The van der Waals surface area contributed by atoms with Crippen molar-refractivity contribution in [1.29, 1.82) is 0 Å². The van der Waals surface area contributed by atoms with E-state index in [1.54, 1.807) is 31.4 Å². The zero-order valence-corrected chi connectivity index (χ0v) is 19.4. The van der Waals surface area contributed by atoms with Gasteiger partial charge in [0.05, 0.1) is 17.6 Å². The number of hydrogen-bond donors (Lipinski definition) is 3. The number of carbonyl (C=O) groups excluding carboxylic acids is 2. The van der Waals surface area contributed by atoms with Crippen molar-refractivity contribution < 1.29 is 24.2 Å². The number of piperazine rings is 1. The molecule has 1 aliphatic heterocycles. The van der Waals surface area contributed by atoms with E-state index in [0.29, 0.717) is 68.3 Å². The number of nitrogens with one attached hydrogen (secondary N) is 2. The fraction of sp³-hybridized carbons (Fsp3) is 0.500. The Morgan fingerprint density at radius 2 is 1.91 bits per heavy atom. The molecule has 3 N–H and O–H groups in total. The van der Waals surface area contributed by atoms with Gasteiger partial charge in [-0.05, 0) is 43.5 Å². The number of aromatic carboxylic acids is 1. The maximum absolute atomic E-state index is 12.1. The van der Waals surface area contributed by atoms with E-state index < -0.39 is 5.97 Å². The Balaban J connectivity index is 1.40. The molecule has 1 aromatic heterocycles. The van der Waals surface area contributed by atoms with Crippen molar-refractivity contribution in [2.75, 3.05) is 63.2 Å². The number of aromatic nitrogens is 1. The minimum absolute atomic E-state index is 0.00822. The van der Waals surface area contributed by atoms with Gasteiger partial charge in [-0.1, -0.05) is 0 Å². The molecule has 0 radical (unpaired) electrons. The summed E-state index contributed by atoms with van der Waals surface area (Å²) >= 11 is 0. The second-order valence-electron chi connectivity index (χ2n) is 8.79. The summed E-state index contributed by atoms with van der Waals surface area (Å²) in [5.41, 5.74) is 1.30. The second kappa shape index (κ2) is 10.8. The van der Waals surface area contributed by atoms with Crippen molar-refractivity contribution in [3.8, 4) is 0 Å². The molecular weight excluding hydrogens is 438 g/mol. The van der Waals surface area contributed by atoms with E-state index >= 15 is 0 Å². The molecule has 2 heterocycles. The number of fused-ring (bicyclic) bond motifs is 1. The third-order valence-corrected chi connectivity index (χ3v) is 6.15. The average molecular weight is 470 g/mol. The molecule has 2 aliphatic rings. The number of nitrogens with zero attached hydrogens (tertiary/aromatic N) is 3. The van der Waals surface area contributed by atoms with E-state index in [9.17, 15) is 19.5 Å². The summed E-state index contributed by atoms with van der Waals surface area (Å²) in [6, 6.07) is 6.78. The highest BCUT2D eigenvalue weighted by Gasteiger charge is 2.29. The van der Waals surface area contributed by atoms with Crippen molar-refractivity contribution in [2.45, 2.75) is 19.3 Å². The van der Waals surface area contributed by atoms with Gasteiger partial charge in [0, 0.05) is 63.4 Å². The van der Waals surface area contributed by atoms with Crippen LogP contribution in [0.25, 0.3) is 10.9 Å². The minimum atomic E-state index is -1.04.